The number of hydrogen-bond donors (Lipinski definition) is 1. The lowest BCUT2D eigenvalue weighted by molar-refractivity contribution is 0.0108. The van der Waals surface area contributed by atoms with E-state index in [0.29, 0.717) is 6.61 Å². The molecular weight excluding hydrogens is 274 g/mol. The molecule has 3 nitrogen and oxygen atoms in total. The lowest BCUT2D eigenvalue weighted by atomic mass is 9.87. The summed E-state index contributed by atoms with van der Waals surface area (Å²) in [6.07, 6.45) is 0.773. The molecule has 1 aliphatic heterocycles. The van der Waals surface area contributed by atoms with Gasteiger partial charge >= 0.3 is 0 Å². The predicted octanol–water partition coefficient (Wildman–Crippen LogP) is 3.18. The molecule has 2 unspecified atom stereocenters. The molecule has 1 fully saturated rings. The van der Waals surface area contributed by atoms with E-state index < -0.39 is 5.60 Å². The average molecular weight is 297 g/mol. The van der Waals surface area contributed by atoms with Crippen LogP contribution < -0.4 is 4.74 Å². The van der Waals surface area contributed by atoms with Gasteiger partial charge in [-0.25, -0.2) is 0 Å². The quantitative estimate of drug-likeness (QED) is 0.941. The minimum absolute atomic E-state index is 0.128. The van der Waals surface area contributed by atoms with E-state index in [0.717, 1.165) is 29.8 Å². The first-order chi connectivity index (χ1) is 10.6. The summed E-state index contributed by atoms with van der Waals surface area (Å²) >= 11 is 0. The molecule has 1 N–H and O–H groups in total. The van der Waals surface area contributed by atoms with Crippen molar-refractivity contribution in [1.29, 1.82) is 0 Å². The first kappa shape index (κ1) is 15.1. The molecule has 0 bridgehead atoms. The van der Waals surface area contributed by atoms with E-state index in [1.807, 2.05) is 54.6 Å². The van der Waals surface area contributed by atoms with Gasteiger partial charge in [0.1, 0.15) is 18.0 Å². The zero-order valence-corrected chi connectivity index (χ0v) is 13.2. The number of nitrogens with zero attached hydrogens (tertiary/aromatic N) is 1. The average Bonchev–Trinajstić information content (AvgIpc) is 2.83. The zero-order chi connectivity index (χ0) is 15.6. The highest BCUT2D eigenvalue weighted by molar-refractivity contribution is 5.33. The number of likely N-dealkylation sites (N-methyl/N-ethyl adjacent to an activating group) is 1. The molecule has 0 saturated carbocycles. The predicted molar refractivity (Wildman–Crippen MR) is 87.8 cm³/mol. The lowest BCUT2D eigenvalue weighted by Crippen LogP contribution is -2.38. The van der Waals surface area contributed by atoms with E-state index in [1.54, 1.807) is 0 Å². The number of hydrogen-bond acceptors (Lipinski definition) is 3. The molecule has 3 rings (SSSR count). The van der Waals surface area contributed by atoms with Crippen molar-refractivity contribution in [2.45, 2.75) is 31.6 Å². The summed E-state index contributed by atoms with van der Waals surface area (Å²) in [5, 5.41) is 10.9. The van der Waals surface area contributed by atoms with Gasteiger partial charge in [-0.3, -0.25) is 0 Å². The zero-order valence-electron chi connectivity index (χ0n) is 13.2. The van der Waals surface area contributed by atoms with E-state index in [1.165, 1.54) is 0 Å². The second-order valence-electron chi connectivity index (χ2n) is 6.13. The highest BCUT2D eigenvalue weighted by atomic mass is 16.5. The topological polar surface area (TPSA) is 32.7 Å². The number of rotatable bonds is 4. The monoisotopic (exact) mass is 297 g/mol. The van der Waals surface area contributed by atoms with Crippen LogP contribution in [0.15, 0.2) is 54.6 Å². The van der Waals surface area contributed by atoms with Crippen molar-refractivity contribution in [3.8, 4) is 5.75 Å². The third kappa shape index (κ3) is 2.87. The Bertz CT molecular complexity index is 611. The molecule has 0 spiro atoms. The van der Waals surface area contributed by atoms with E-state index in [2.05, 4.69) is 18.9 Å². The Hall–Kier alpha value is -1.84. The summed E-state index contributed by atoms with van der Waals surface area (Å²) in [7, 11) is 2.06. The van der Waals surface area contributed by atoms with Crippen LogP contribution in [0.3, 0.4) is 0 Å². The Morgan fingerprint density at radius 2 is 1.82 bits per heavy atom. The summed E-state index contributed by atoms with van der Waals surface area (Å²) in [5.74, 6) is 0.829. The van der Waals surface area contributed by atoms with Crippen LogP contribution in [0.4, 0.5) is 0 Å². The van der Waals surface area contributed by atoms with Gasteiger partial charge in [0.2, 0.25) is 0 Å². The van der Waals surface area contributed by atoms with E-state index in [4.69, 9.17) is 4.74 Å². The van der Waals surface area contributed by atoms with Gasteiger partial charge in [-0.15, -0.1) is 0 Å². The molecule has 2 atom stereocenters. The third-order valence-electron chi connectivity index (χ3n) is 4.80. The summed E-state index contributed by atoms with van der Waals surface area (Å²) in [4.78, 5) is 2.19. The molecule has 0 amide bonds. The van der Waals surface area contributed by atoms with Crippen LogP contribution in [0.25, 0.3) is 0 Å². The van der Waals surface area contributed by atoms with Crippen molar-refractivity contribution in [1.82, 2.24) is 4.90 Å². The lowest BCUT2D eigenvalue weighted by Gasteiger charge is -2.30. The third-order valence-corrected chi connectivity index (χ3v) is 4.80. The smallest absolute Gasteiger partial charge is 0.119 e. The van der Waals surface area contributed by atoms with Gasteiger partial charge < -0.3 is 14.7 Å². The first-order valence-electron chi connectivity index (χ1n) is 7.79. The normalized spacial score (nSPS) is 25.3. The minimum atomic E-state index is -0.757. The largest absolute Gasteiger partial charge is 0.489 e. The molecule has 3 heteroatoms. The molecule has 22 heavy (non-hydrogen) atoms. The molecule has 0 radical (unpaired) electrons. The van der Waals surface area contributed by atoms with Gasteiger partial charge in [-0.1, -0.05) is 42.5 Å². The molecule has 1 heterocycles. The Kier molecular flexibility index (Phi) is 4.19. The van der Waals surface area contributed by atoms with E-state index in [9.17, 15) is 5.11 Å². The summed E-state index contributed by atoms with van der Waals surface area (Å²) < 4.78 is 5.80. The molecular formula is C19H23NO2. The van der Waals surface area contributed by atoms with Gasteiger partial charge in [0.15, 0.2) is 0 Å². The number of benzene rings is 2. The highest BCUT2D eigenvalue weighted by Gasteiger charge is 2.42. The molecule has 1 saturated heterocycles. The van der Waals surface area contributed by atoms with Crippen LogP contribution in [0.5, 0.6) is 5.75 Å². The van der Waals surface area contributed by atoms with Crippen LogP contribution in [0.1, 0.15) is 24.5 Å². The molecule has 0 aromatic heterocycles. The molecule has 0 aliphatic carbocycles. The van der Waals surface area contributed by atoms with Crippen molar-refractivity contribution in [3.05, 3.63) is 65.7 Å². The van der Waals surface area contributed by atoms with E-state index in [-0.39, 0.29) is 6.04 Å². The Morgan fingerprint density at radius 3 is 2.41 bits per heavy atom. The van der Waals surface area contributed by atoms with Crippen molar-refractivity contribution in [3.63, 3.8) is 0 Å². The van der Waals surface area contributed by atoms with Gasteiger partial charge in [-0.05, 0) is 43.7 Å². The SMILES string of the molecule is CC1N(C)CCC1(O)c1ccc(OCc2ccccc2)cc1. The first-order valence-corrected chi connectivity index (χ1v) is 7.79. The summed E-state index contributed by atoms with van der Waals surface area (Å²) in [6.45, 7) is 3.56. The van der Waals surface area contributed by atoms with Crippen LogP contribution in [-0.4, -0.2) is 29.6 Å². The molecule has 1 aliphatic rings. The minimum Gasteiger partial charge on any atom is -0.489 e. The second-order valence-corrected chi connectivity index (χ2v) is 6.13. The number of ether oxygens (including phenoxy) is 1. The van der Waals surface area contributed by atoms with Gasteiger partial charge in [0, 0.05) is 12.6 Å². The van der Waals surface area contributed by atoms with Gasteiger partial charge in [0.05, 0.1) is 0 Å². The Balaban J connectivity index is 1.68. The second kappa shape index (κ2) is 6.11. The fourth-order valence-electron chi connectivity index (χ4n) is 3.08. The Morgan fingerprint density at radius 1 is 1.14 bits per heavy atom. The van der Waals surface area contributed by atoms with Gasteiger partial charge in [-0.2, -0.15) is 0 Å². The fourth-order valence-corrected chi connectivity index (χ4v) is 3.08. The maximum Gasteiger partial charge on any atom is 0.119 e. The van der Waals surface area contributed by atoms with Crippen LogP contribution in [-0.2, 0) is 12.2 Å². The maximum atomic E-state index is 10.9. The van der Waals surface area contributed by atoms with E-state index >= 15 is 0 Å². The standard InChI is InChI=1S/C19H23NO2/c1-15-19(21,12-13-20(15)2)17-8-10-18(11-9-17)22-14-16-6-4-3-5-7-16/h3-11,15,21H,12-14H2,1-2H3. The molecule has 116 valence electrons. The van der Waals surface area contributed by atoms with Crippen molar-refractivity contribution in [2.24, 2.45) is 0 Å². The van der Waals surface area contributed by atoms with Crippen LogP contribution in [0, 0.1) is 0 Å². The van der Waals surface area contributed by atoms with Crippen molar-refractivity contribution < 1.29 is 9.84 Å². The summed E-state index contributed by atoms with van der Waals surface area (Å²) in [6, 6.07) is 18.1. The van der Waals surface area contributed by atoms with Crippen molar-refractivity contribution in [2.75, 3.05) is 13.6 Å². The molecule has 2 aromatic rings. The molecule has 2 aromatic carbocycles. The number of likely N-dealkylation sites (tertiary alicyclic amines) is 1. The highest BCUT2D eigenvalue weighted by Crippen LogP contribution is 2.37. The number of aliphatic hydroxyl groups is 1. The van der Waals surface area contributed by atoms with Crippen LogP contribution in [0.2, 0.25) is 0 Å². The van der Waals surface area contributed by atoms with Crippen molar-refractivity contribution >= 4 is 0 Å². The maximum absolute atomic E-state index is 10.9. The van der Waals surface area contributed by atoms with Crippen LogP contribution >= 0.6 is 0 Å². The fraction of sp³-hybridized carbons (Fsp3) is 0.368. The Labute approximate surface area is 132 Å². The summed E-state index contributed by atoms with van der Waals surface area (Å²) in [5.41, 5.74) is 1.36. The van der Waals surface area contributed by atoms with Gasteiger partial charge in [0.25, 0.3) is 0 Å².